The molecule has 0 aliphatic heterocycles. The Morgan fingerprint density at radius 2 is 2.00 bits per heavy atom. The molecule has 0 unspecified atom stereocenters. The first kappa shape index (κ1) is 14.2. The molecule has 0 saturated carbocycles. The van der Waals surface area contributed by atoms with Gasteiger partial charge in [-0.05, 0) is 18.2 Å². The molecule has 0 radical (unpaired) electrons. The van der Waals surface area contributed by atoms with E-state index < -0.39 is 0 Å². The Hall–Kier alpha value is -1.82. The molecule has 5 nitrogen and oxygen atoms in total. The summed E-state index contributed by atoms with van der Waals surface area (Å²) in [6.07, 6.45) is 0.481. The molecule has 0 aliphatic carbocycles. The summed E-state index contributed by atoms with van der Waals surface area (Å²) in [5.74, 6) is 0.892. The predicted molar refractivity (Wildman–Crippen MR) is 73.3 cm³/mol. The van der Waals surface area contributed by atoms with Crippen molar-refractivity contribution in [3.05, 3.63) is 23.8 Å². The standard InChI is InChI=1S/C12H16N2O3S/c1-16-9-4-3-8(7-10(9)17-2)12(15)14-6-5-11(13)18/h3-4,7H,5-6H2,1-2H3,(H2,13,18)(H,14,15). The van der Waals surface area contributed by atoms with Crippen LogP contribution >= 0.6 is 12.2 Å². The number of ether oxygens (including phenoxy) is 2. The molecule has 0 aromatic heterocycles. The summed E-state index contributed by atoms with van der Waals surface area (Å²) in [6, 6.07) is 4.97. The molecule has 0 fully saturated rings. The Morgan fingerprint density at radius 1 is 1.33 bits per heavy atom. The number of thiocarbonyl (C=S) groups is 1. The van der Waals surface area contributed by atoms with Gasteiger partial charge in [-0.25, -0.2) is 0 Å². The maximum atomic E-state index is 11.8. The fraction of sp³-hybridized carbons (Fsp3) is 0.333. The number of carbonyl (C=O) groups excluding carboxylic acids is 1. The number of hydrogen-bond acceptors (Lipinski definition) is 4. The maximum absolute atomic E-state index is 11.8. The van der Waals surface area contributed by atoms with E-state index in [0.717, 1.165) is 0 Å². The van der Waals surface area contributed by atoms with Gasteiger partial charge in [-0.2, -0.15) is 0 Å². The molecule has 3 N–H and O–H groups in total. The van der Waals surface area contributed by atoms with Gasteiger partial charge in [0.05, 0.1) is 19.2 Å². The highest BCUT2D eigenvalue weighted by Crippen LogP contribution is 2.27. The minimum absolute atomic E-state index is 0.202. The fourth-order valence-electron chi connectivity index (χ4n) is 1.38. The van der Waals surface area contributed by atoms with Crippen LogP contribution in [0.15, 0.2) is 18.2 Å². The van der Waals surface area contributed by atoms with Crippen molar-refractivity contribution in [1.29, 1.82) is 0 Å². The molecule has 1 aromatic rings. The summed E-state index contributed by atoms with van der Waals surface area (Å²) in [5, 5.41) is 2.72. The number of amides is 1. The Morgan fingerprint density at radius 3 is 2.56 bits per heavy atom. The highest BCUT2D eigenvalue weighted by atomic mass is 32.1. The van der Waals surface area contributed by atoms with Crippen LogP contribution in [0.4, 0.5) is 0 Å². The normalized spacial score (nSPS) is 9.67. The lowest BCUT2D eigenvalue weighted by Gasteiger charge is -2.09. The Labute approximate surface area is 111 Å². The van der Waals surface area contributed by atoms with Crippen LogP contribution in [0.5, 0.6) is 11.5 Å². The van der Waals surface area contributed by atoms with Crippen molar-refractivity contribution in [3.63, 3.8) is 0 Å². The average molecular weight is 268 g/mol. The van der Waals surface area contributed by atoms with Gasteiger partial charge in [-0.3, -0.25) is 4.79 Å². The number of nitrogens with two attached hydrogens (primary N) is 1. The average Bonchev–Trinajstić information content (AvgIpc) is 2.37. The van der Waals surface area contributed by atoms with E-state index >= 15 is 0 Å². The van der Waals surface area contributed by atoms with Gasteiger partial charge >= 0.3 is 0 Å². The van der Waals surface area contributed by atoms with Crippen LogP contribution in [0.25, 0.3) is 0 Å². The van der Waals surface area contributed by atoms with E-state index in [1.165, 1.54) is 7.11 Å². The summed E-state index contributed by atoms with van der Waals surface area (Å²) < 4.78 is 10.2. The molecule has 1 rings (SSSR count). The summed E-state index contributed by atoms with van der Waals surface area (Å²) in [6.45, 7) is 0.419. The van der Waals surface area contributed by atoms with E-state index in [9.17, 15) is 4.79 Å². The van der Waals surface area contributed by atoms with Gasteiger partial charge in [0.15, 0.2) is 11.5 Å². The van der Waals surface area contributed by atoms with E-state index in [0.29, 0.717) is 35.0 Å². The summed E-state index contributed by atoms with van der Waals surface area (Å²) in [7, 11) is 3.06. The number of rotatable bonds is 6. The van der Waals surface area contributed by atoms with E-state index in [4.69, 9.17) is 27.4 Å². The summed E-state index contributed by atoms with van der Waals surface area (Å²) >= 11 is 4.73. The van der Waals surface area contributed by atoms with Crippen LogP contribution in [0.3, 0.4) is 0 Å². The van der Waals surface area contributed by atoms with E-state index in [2.05, 4.69) is 5.32 Å². The third-order valence-electron chi connectivity index (χ3n) is 2.30. The quantitative estimate of drug-likeness (QED) is 0.756. The number of carbonyl (C=O) groups is 1. The Bertz CT molecular complexity index is 449. The van der Waals surface area contributed by atoms with Gasteiger partial charge in [0, 0.05) is 18.5 Å². The van der Waals surface area contributed by atoms with E-state index in [-0.39, 0.29) is 5.91 Å². The van der Waals surface area contributed by atoms with Crippen molar-refractivity contribution < 1.29 is 14.3 Å². The van der Waals surface area contributed by atoms with Gasteiger partial charge in [0.2, 0.25) is 0 Å². The van der Waals surface area contributed by atoms with Crippen LogP contribution in [-0.4, -0.2) is 31.7 Å². The first-order valence-corrected chi connectivity index (χ1v) is 5.78. The van der Waals surface area contributed by atoms with Crippen LogP contribution in [0, 0.1) is 0 Å². The van der Waals surface area contributed by atoms with Crippen molar-refractivity contribution in [2.24, 2.45) is 5.73 Å². The second kappa shape index (κ2) is 6.80. The third-order valence-corrected chi connectivity index (χ3v) is 2.51. The molecule has 6 heteroatoms. The minimum atomic E-state index is -0.202. The summed E-state index contributed by atoms with van der Waals surface area (Å²) in [5.41, 5.74) is 5.84. The lowest BCUT2D eigenvalue weighted by Crippen LogP contribution is -2.27. The first-order chi connectivity index (χ1) is 8.58. The minimum Gasteiger partial charge on any atom is -0.493 e. The molecule has 0 saturated heterocycles. The number of hydrogen-bond donors (Lipinski definition) is 2. The van der Waals surface area contributed by atoms with Crippen molar-refractivity contribution in [3.8, 4) is 11.5 Å². The lowest BCUT2D eigenvalue weighted by atomic mass is 10.2. The Kier molecular flexibility index (Phi) is 5.38. The fourth-order valence-corrected chi connectivity index (χ4v) is 1.48. The van der Waals surface area contributed by atoms with E-state index in [1.807, 2.05) is 0 Å². The van der Waals surface area contributed by atoms with Crippen LogP contribution in [0.1, 0.15) is 16.8 Å². The highest BCUT2D eigenvalue weighted by molar-refractivity contribution is 7.80. The summed E-state index contributed by atoms with van der Waals surface area (Å²) in [4.78, 5) is 12.2. The molecule has 18 heavy (non-hydrogen) atoms. The van der Waals surface area contributed by atoms with Gasteiger partial charge in [-0.1, -0.05) is 12.2 Å². The van der Waals surface area contributed by atoms with Gasteiger partial charge in [0.25, 0.3) is 5.91 Å². The van der Waals surface area contributed by atoms with Crippen molar-refractivity contribution in [2.45, 2.75) is 6.42 Å². The molecule has 0 heterocycles. The van der Waals surface area contributed by atoms with Crippen molar-refractivity contribution in [2.75, 3.05) is 20.8 Å². The van der Waals surface area contributed by atoms with Gasteiger partial charge in [0.1, 0.15) is 0 Å². The maximum Gasteiger partial charge on any atom is 0.251 e. The SMILES string of the molecule is COc1ccc(C(=O)NCCC(N)=S)cc1OC. The molecular weight excluding hydrogens is 252 g/mol. The number of methoxy groups -OCH3 is 2. The van der Waals surface area contributed by atoms with Crippen molar-refractivity contribution >= 4 is 23.1 Å². The van der Waals surface area contributed by atoms with Gasteiger partial charge in [-0.15, -0.1) is 0 Å². The predicted octanol–water partition coefficient (Wildman–Crippen LogP) is 1.11. The molecule has 0 spiro atoms. The first-order valence-electron chi connectivity index (χ1n) is 5.37. The van der Waals surface area contributed by atoms with E-state index in [1.54, 1.807) is 25.3 Å². The zero-order chi connectivity index (χ0) is 13.5. The molecule has 1 aromatic carbocycles. The highest BCUT2D eigenvalue weighted by Gasteiger charge is 2.10. The molecule has 0 bridgehead atoms. The second-order valence-corrected chi connectivity index (χ2v) is 4.07. The lowest BCUT2D eigenvalue weighted by molar-refractivity contribution is 0.0954. The van der Waals surface area contributed by atoms with Crippen LogP contribution in [-0.2, 0) is 0 Å². The zero-order valence-corrected chi connectivity index (χ0v) is 11.2. The molecular formula is C12H16N2O3S. The second-order valence-electron chi connectivity index (χ2n) is 3.54. The zero-order valence-electron chi connectivity index (χ0n) is 10.4. The monoisotopic (exact) mass is 268 g/mol. The van der Waals surface area contributed by atoms with Gasteiger partial charge < -0.3 is 20.5 Å². The molecule has 0 aliphatic rings. The topological polar surface area (TPSA) is 73.6 Å². The number of nitrogens with one attached hydrogen (secondary N) is 1. The molecule has 0 atom stereocenters. The molecule has 98 valence electrons. The largest absolute Gasteiger partial charge is 0.493 e. The van der Waals surface area contributed by atoms with Crippen LogP contribution in [0.2, 0.25) is 0 Å². The van der Waals surface area contributed by atoms with Crippen molar-refractivity contribution in [1.82, 2.24) is 5.32 Å². The third kappa shape index (κ3) is 3.89. The number of benzene rings is 1. The Balaban J connectivity index is 2.71. The molecule has 1 amide bonds. The van der Waals surface area contributed by atoms with Crippen LogP contribution < -0.4 is 20.5 Å². The smallest absolute Gasteiger partial charge is 0.251 e.